The minimum atomic E-state index is -0.887. The first-order chi connectivity index (χ1) is 13.9. The summed E-state index contributed by atoms with van der Waals surface area (Å²) in [5.41, 5.74) is 3.71. The summed E-state index contributed by atoms with van der Waals surface area (Å²) in [6.07, 6.45) is -0.0485. The molecule has 7 heteroatoms. The summed E-state index contributed by atoms with van der Waals surface area (Å²) in [5, 5.41) is 28.7. The number of aliphatic carboxylic acids is 1. The zero-order chi connectivity index (χ0) is 20.5. The summed E-state index contributed by atoms with van der Waals surface area (Å²) in [4.78, 5) is 18.3. The lowest BCUT2D eigenvalue weighted by Gasteiger charge is -2.18. The van der Waals surface area contributed by atoms with E-state index < -0.39 is 5.97 Å². The molecule has 0 saturated heterocycles. The maximum Gasteiger partial charge on any atom is 0.307 e. The van der Waals surface area contributed by atoms with Gasteiger partial charge in [0.25, 0.3) is 0 Å². The summed E-state index contributed by atoms with van der Waals surface area (Å²) >= 11 is 1.46. The number of benzene rings is 2. The fourth-order valence-corrected chi connectivity index (χ4v) is 4.36. The Kier molecular flexibility index (Phi) is 4.90. The van der Waals surface area contributed by atoms with Crippen molar-refractivity contribution in [1.82, 2.24) is 4.98 Å². The van der Waals surface area contributed by atoms with E-state index in [2.05, 4.69) is 0 Å². The highest BCUT2D eigenvalue weighted by Crippen LogP contribution is 2.36. The molecular formula is C22H19N3O3S. The molecule has 1 aliphatic rings. The molecule has 0 spiro atoms. The van der Waals surface area contributed by atoms with Crippen LogP contribution < -0.4 is 4.90 Å². The summed E-state index contributed by atoms with van der Waals surface area (Å²) in [5.74, 6) is -0.596. The van der Waals surface area contributed by atoms with E-state index in [1.165, 1.54) is 11.3 Å². The third kappa shape index (κ3) is 3.64. The van der Waals surface area contributed by atoms with Gasteiger partial charge in [-0.1, -0.05) is 42.5 Å². The molecule has 0 bridgehead atoms. The molecule has 2 aromatic carbocycles. The number of aryl methyl sites for hydroxylation is 1. The summed E-state index contributed by atoms with van der Waals surface area (Å²) in [7, 11) is 0. The molecule has 0 atom stereocenters. The van der Waals surface area contributed by atoms with Gasteiger partial charge in [-0.25, -0.2) is 4.98 Å². The number of carboxylic acids is 1. The molecule has 0 amide bonds. The number of aromatic nitrogens is 1. The Hall–Kier alpha value is -3.45. The highest BCUT2D eigenvalue weighted by Gasteiger charge is 2.31. The van der Waals surface area contributed by atoms with Crippen LogP contribution >= 0.6 is 11.3 Å². The number of nitrogens with one attached hydrogen (secondary N) is 1. The Morgan fingerprint density at radius 1 is 1.17 bits per heavy atom. The first kappa shape index (κ1) is 18.9. The van der Waals surface area contributed by atoms with E-state index in [9.17, 15) is 9.90 Å². The van der Waals surface area contributed by atoms with E-state index in [-0.39, 0.29) is 24.6 Å². The monoisotopic (exact) mass is 405 g/mol. The molecular weight excluding hydrogens is 386 g/mol. The second-order valence-electron chi connectivity index (χ2n) is 6.78. The molecule has 4 rings (SSSR count). The van der Waals surface area contributed by atoms with Crippen molar-refractivity contribution in [1.29, 1.82) is 5.41 Å². The van der Waals surface area contributed by atoms with E-state index in [4.69, 9.17) is 15.5 Å². The van der Waals surface area contributed by atoms with E-state index in [1.807, 2.05) is 37.3 Å². The van der Waals surface area contributed by atoms with Crippen LogP contribution in [-0.4, -0.2) is 33.5 Å². The van der Waals surface area contributed by atoms with E-state index in [1.54, 1.807) is 29.2 Å². The number of aliphatic hydroxyl groups is 1. The summed E-state index contributed by atoms with van der Waals surface area (Å²) in [6, 6.07) is 16.8. The minimum Gasteiger partial charge on any atom is -0.510 e. The van der Waals surface area contributed by atoms with Crippen molar-refractivity contribution in [3.63, 3.8) is 0 Å². The number of hydrogen-bond acceptors (Lipinski definition) is 5. The highest BCUT2D eigenvalue weighted by molar-refractivity contribution is 7.13. The largest absolute Gasteiger partial charge is 0.510 e. The van der Waals surface area contributed by atoms with Gasteiger partial charge in [-0.05, 0) is 24.6 Å². The molecule has 0 radical (unpaired) electrons. The summed E-state index contributed by atoms with van der Waals surface area (Å²) in [6.45, 7) is 2.17. The van der Waals surface area contributed by atoms with Crippen molar-refractivity contribution >= 4 is 34.4 Å². The normalized spacial score (nSPS) is 14.0. The van der Waals surface area contributed by atoms with Gasteiger partial charge in [0, 0.05) is 16.1 Å². The number of aliphatic hydroxyl groups excluding tert-OH is 1. The minimum absolute atomic E-state index is 0.0485. The van der Waals surface area contributed by atoms with Gasteiger partial charge in [0.15, 0.2) is 0 Å². The average molecular weight is 405 g/mol. The van der Waals surface area contributed by atoms with Crippen LogP contribution in [0, 0.1) is 12.3 Å². The topological polar surface area (TPSA) is 97.5 Å². The van der Waals surface area contributed by atoms with Crippen LogP contribution in [0.2, 0.25) is 0 Å². The molecule has 29 heavy (non-hydrogen) atoms. The lowest BCUT2D eigenvalue weighted by molar-refractivity contribution is -0.136. The highest BCUT2D eigenvalue weighted by atomic mass is 32.1. The molecule has 2 heterocycles. The van der Waals surface area contributed by atoms with Gasteiger partial charge in [0.1, 0.15) is 16.6 Å². The molecule has 146 valence electrons. The molecule has 0 fully saturated rings. The van der Waals surface area contributed by atoms with Crippen LogP contribution in [0.25, 0.3) is 16.8 Å². The van der Waals surface area contributed by atoms with Crippen LogP contribution in [0.15, 0.2) is 60.4 Å². The Morgan fingerprint density at radius 3 is 2.52 bits per heavy atom. The quantitative estimate of drug-likeness (QED) is 0.580. The van der Waals surface area contributed by atoms with Crippen molar-refractivity contribution in [3.8, 4) is 11.3 Å². The Labute approximate surface area is 171 Å². The van der Waals surface area contributed by atoms with Crippen molar-refractivity contribution in [2.75, 3.05) is 11.4 Å². The van der Waals surface area contributed by atoms with Crippen molar-refractivity contribution < 1.29 is 15.0 Å². The van der Waals surface area contributed by atoms with Crippen LogP contribution in [0.1, 0.15) is 15.4 Å². The fourth-order valence-electron chi connectivity index (χ4n) is 3.36. The molecule has 3 N–H and O–H groups in total. The predicted octanol–water partition coefficient (Wildman–Crippen LogP) is 4.51. The number of carboxylic acid groups (broad SMARTS) is 1. The number of hydrogen-bond donors (Lipinski definition) is 3. The van der Waals surface area contributed by atoms with E-state index in [0.717, 1.165) is 21.8 Å². The summed E-state index contributed by atoms with van der Waals surface area (Å²) < 4.78 is 0. The molecule has 6 nitrogen and oxygen atoms in total. The van der Waals surface area contributed by atoms with Crippen LogP contribution in [0.4, 0.5) is 5.69 Å². The number of nitrogens with zero attached hydrogens (tertiary/aromatic N) is 2. The zero-order valence-corrected chi connectivity index (χ0v) is 16.5. The number of amidine groups is 1. The lowest BCUT2D eigenvalue weighted by atomic mass is 10.1. The fraction of sp³-hybridized carbons (Fsp3) is 0.136. The standard InChI is InChI=1S/C22H19N3O3S/c1-13-20(15-5-3-2-4-6-15)24-22(29-13)19-17(26)12-25(21(19)23)16-9-7-14(8-10-16)11-18(27)28/h2-10,23,26H,11-12H2,1H3,(H,27,28). The molecule has 0 aliphatic carbocycles. The molecule has 1 aliphatic heterocycles. The van der Waals surface area contributed by atoms with Gasteiger partial charge in [-0.15, -0.1) is 11.3 Å². The van der Waals surface area contributed by atoms with Gasteiger partial charge in [-0.2, -0.15) is 0 Å². The molecule has 0 unspecified atom stereocenters. The second kappa shape index (κ2) is 7.52. The van der Waals surface area contributed by atoms with Crippen molar-refractivity contribution in [2.24, 2.45) is 0 Å². The van der Waals surface area contributed by atoms with Gasteiger partial charge < -0.3 is 15.1 Å². The van der Waals surface area contributed by atoms with Crippen LogP contribution in [-0.2, 0) is 11.2 Å². The van der Waals surface area contributed by atoms with E-state index in [0.29, 0.717) is 16.1 Å². The second-order valence-corrected chi connectivity index (χ2v) is 7.99. The average Bonchev–Trinajstić information content (AvgIpc) is 3.21. The maximum atomic E-state index is 10.8. The Bertz CT molecular complexity index is 1120. The zero-order valence-electron chi connectivity index (χ0n) is 15.7. The third-order valence-electron chi connectivity index (χ3n) is 4.76. The predicted molar refractivity (Wildman–Crippen MR) is 115 cm³/mol. The Morgan fingerprint density at radius 2 is 1.86 bits per heavy atom. The van der Waals surface area contributed by atoms with Crippen molar-refractivity contribution in [3.05, 3.63) is 75.8 Å². The molecule has 0 saturated carbocycles. The first-order valence-electron chi connectivity index (χ1n) is 9.06. The number of rotatable bonds is 5. The van der Waals surface area contributed by atoms with Crippen LogP contribution in [0.3, 0.4) is 0 Å². The third-order valence-corrected chi connectivity index (χ3v) is 5.75. The van der Waals surface area contributed by atoms with Crippen LogP contribution in [0.5, 0.6) is 0 Å². The molecule has 3 aromatic rings. The first-order valence-corrected chi connectivity index (χ1v) is 9.88. The van der Waals surface area contributed by atoms with Gasteiger partial charge in [-0.3, -0.25) is 10.2 Å². The number of anilines is 1. The lowest BCUT2D eigenvalue weighted by Crippen LogP contribution is -2.26. The van der Waals surface area contributed by atoms with Gasteiger partial charge >= 0.3 is 5.97 Å². The van der Waals surface area contributed by atoms with E-state index >= 15 is 0 Å². The SMILES string of the molecule is Cc1sc(C2=C(O)CN(c3ccc(CC(=O)O)cc3)C2=N)nc1-c1ccccc1. The van der Waals surface area contributed by atoms with Crippen molar-refractivity contribution in [2.45, 2.75) is 13.3 Å². The number of carbonyl (C=O) groups is 1. The number of thiazole rings is 1. The Balaban J connectivity index is 1.61. The molecule has 1 aromatic heterocycles. The smallest absolute Gasteiger partial charge is 0.307 e. The van der Waals surface area contributed by atoms with Gasteiger partial charge in [0.05, 0.1) is 24.2 Å². The van der Waals surface area contributed by atoms with Gasteiger partial charge in [0.2, 0.25) is 0 Å². The maximum absolute atomic E-state index is 10.8.